The van der Waals surface area contributed by atoms with E-state index in [1.54, 1.807) is 17.0 Å². The zero-order valence-electron chi connectivity index (χ0n) is 11.5. The van der Waals surface area contributed by atoms with E-state index >= 15 is 0 Å². The lowest BCUT2D eigenvalue weighted by atomic mass is 10.3. The van der Waals surface area contributed by atoms with Crippen LogP contribution in [0, 0.1) is 5.41 Å². The van der Waals surface area contributed by atoms with Crippen LogP contribution in [0.15, 0.2) is 5.38 Å². The normalized spacial score (nSPS) is 11.0. The average molecular weight is 333 g/mol. The van der Waals surface area contributed by atoms with E-state index in [1.807, 2.05) is 0 Å². The minimum Gasteiger partial charge on any atom is -0.364 e. The largest absolute Gasteiger partial charge is 0.364 e. The Morgan fingerprint density at radius 2 is 2.27 bits per heavy atom. The number of nitrogens with zero attached hydrogens (tertiary/aromatic N) is 3. The Morgan fingerprint density at radius 3 is 2.86 bits per heavy atom. The molecule has 0 fully saturated rings. The van der Waals surface area contributed by atoms with Gasteiger partial charge in [0.05, 0.1) is 16.1 Å². The SMILES string of the molecule is Cn1c(C=O)c(C=N)c2sc(Cc3csc(C(N)=O)n3)nc21. The number of carbonyl (C=O) groups is 2. The van der Waals surface area contributed by atoms with Gasteiger partial charge in [-0.3, -0.25) is 9.59 Å². The number of thiazole rings is 2. The van der Waals surface area contributed by atoms with Crippen molar-refractivity contribution in [2.24, 2.45) is 12.8 Å². The molecule has 0 aliphatic heterocycles. The molecule has 0 spiro atoms. The molecule has 0 radical (unpaired) electrons. The van der Waals surface area contributed by atoms with E-state index in [2.05, 4.69) is 9.97 Å². The molecule has 3 heterocycles. The maximum absolute atomic E-state index is 11.1. The van der Waals surface area contributed by atoms with Gasteiger partial charge in [-0.05, 0) is 0 Å². The number of aromatic nitrogens is 3. The van der Waals surface area contributed by atoms with Gasteiger partial charge in [0.25, 0.3) is 5.91 Å². The quantitative estimate of drug-likeness (QED) is 0.545. The number of primary amides is 1. The maximum atomic E-state index is 11.1. The van der Waals surface area contributed by atoms with Crippen LogP contribution in [0.3, 0.4) is 0 Å². The lowest BCUT2D eigenvalue weighted by Crippen LogP contribution is -2.10. The molecule has 9 heteroatoms. The van der Waals surface area contributed by atoms with E-state index in [9.17, 15) is 9.59 Å². The monoisotopic (exact) mass is 333 g/mol. The van der Waals surface area contributed by atoms with Crippen LogP contribution in [-0.2, 0) is 13.5 Å². The third kappa shape index (κ3) is 2.24. The number of aldehydes is 1. The molecular weight excluding hydrogens is 322 g/mol. The summed E-state index contributed by atoms with van der Waals surface area (Å²) in [6.07, 6.45) is 2.38. The van der Waals surface area contributed by atoms with Gasteiger partial charge < -0.3 is 15.7 Å². The van der Waals surface area contributed by atoms with Gasteiger partial charge in [0.1, 0.15) is 5.01 Å². The predicted molar refractivity (Wildman–Crippen MR) is 85.3 cm³/mol. The zero-order valence-corrected chi connectivity index (χ0v) is 13.1. The second-order valence-electron chi connectivity index (χ2n) is 4.57. The van der Waals surface area contributed by atoms with Crippen molar-refractivity contribution < 1.29 is 9.59 Å². The molecule has 3 N–H and O–H groups in total. The summed E-state index contributed by atoms with van der Waals surface area (Å²) >= 11 is 2.62. The van der Waals surface area contributed by atoms with Crippen LogP contribution in [0.1, 0.15) is 36.6 Å². The molecule has 0 bridgehead atoms. The molecule has 1 amide bonds. The van der Waals surface area contributed by atoms with Crippen LogP contribution in [-0.4, -0.2) is 32.9 Å². The summed E-state index contributed by atoms with van der Waals surface area (Å²) < 4.78 is 2.48. The van der Waals surface area contributed by atoms with Crippen LogP contribution < -0.4 is 5.73 Å². The summed E-state index contributed by atoms with van der Waals surface area (Å²) in [6, 6.07) is 0. The van der Waals surface area contributed by atoms with E-state index in [-0.39, 0.29) is 5.01 Å². The van der Waals surface area contributed by atoms with Gasteiger partial charge in [-0.1, -0.05) is 0 Å². The highest BCUT2D eigenvalue weighted by atomic mass is 32.1. The van der Waals surface area contributed by atoms with E-state index < -0.39 is 5.91 Å². The number of fused-ring (bicyclic) bond motifs is 1. The first-order valence-electron chi connectivity index (χ1n) is 6.23. The number of aryl methyl sites for hydroxylation is 1. The van der Waals surface area contributed by atoms with Gasteiger partial charge in [-0.25, -0.2) is 9.97 Å². The standard InChI is InChI=1S/C13H11N5O2S2/c1-18-8(4-19)7(3-14)10-12(18)17-9(22-10)2-6-5-21-13(16-6)11(15)20/h3-5,14H,2H2,1H3,(H2,15,20). The van der Waals surface area contributed by atoms with Gasteiger partial charge in [0, 0.05) is 30.6 Å². The molecule has 0 unspecified atom stereocenters. The van der Waals surface area contributed by atoms with Gasteiger partial charge in [-0.15, -0.1) is 22.7 Å². The highest BCUT2D eigenvalue weighted by molar-refractivity contribution is 7.19. The molecular formula is C13H11N5O2S2. The summed E-state index contributed by atoms with van der Waals surface area (Å²) in [5.41, 5.74) is 7.61. The van der Waals surface area contributed by atoms with Gasteiger partial charge in [-0.2, -0.15) is 0 Å². The summed E-state index contributed by atoms with van der Waals surface area (Å²) in [5.74, 6) is -0.540. The Labute approximate surface area is 132 Å². The summed E-state index contributed by atoms with van der Waals surface area (Å²) in [5, 5.41) is 10.3. The molecule has 7 nitrogen and oxygen atoms in total. The molecule has 3 aromatic rings. The topological polar surface area (TPSA) is 115 Å². The number of hydrogen-bond donors (Lipinski definition) is 2. The minimum absolute atomic E-state index is 0.277. The van der Waals surface area contributed by atoms with Crippen LogP contribution in [0.2, 0.25) is 0 Å². The molecule has 112 valence electrons. The van der Waals surface area contributed by atoms with Crippen molar-refractivity contribution in [1.29, 1.82) is 5.41 Å². The maximum Gasteiger partial charge on any atom is 0.277 e. The Kier molecular flexibility index (Phi) is 3.59. The molecule has 0 aromatic carbocycles. The Hall–Kier alpha value is -2.39. The lowest BCUT2D eigenvalue weighted by molar-refractivity contribution is 0.0999. The first-order valence-corrected chi connectivity index (χ1v) is 7.92. The van der Waals surface area contributed by atoms with Crippen LogP contribution in [0.4, 0.5) is 0 Å². The fraction of sp³-hybridized carbons (Fsp3) is 0.154. The average Bonchev–Trinajstić information content (AvgIpc) is 3.15. The van der Waals surface area contributed by atoms with Crippen LogP contribution >= 0.6 is 22.7 Å². The van der Waals surface area contributed by atoms with Gasteiger partial charge >= 0.3 is 0 Å². The Balaban J connectivity index is 2.00. The van der Waals surface area contributed by atoms with Crippen molar-refractivity contribution in [2.45, 2.75) is 6.42 Å². The van der Waals surface area contributed by atoms with Crippen molar-refractivity contribution in [2.75, 3.05) is 0 Å². The van der Waals surface area contributed by atoms with E-state index in [0.717, 1.165) is 21.7 Å². The van der Waals surface area contributed by atoms with Crippen molar-refractivity contribution >= 4 is 51.4 Å². The van der Waals surface area contributed by atoms with E-state index in [1.165, 1.54) is 28.9 Å². The number of nitrogens with one attached hydrogen (secondary N) is 1. The minimum atomic E-state index is -0.540. The van der Waals surface area contributed by atoms with Crippen LogP contribution in [0.5, 0.6) is 0 Å². The third-order valence-corrected chi connectivity index (χ3v) is 5.19. The predicted octanol–water partition coefficient (Wildman–Crippen LogP) is 1.59. The number of nitrogens with two attached hydrogens (primary N) is 1. The second kappa shape index (κ2) is 5.43. The van der Waals surface area contributed by atoms with Crippen molar-refractivity contribution in [3.8, 4) is 0 Å². The molecule has 0 saturated carbocycles. The Bertz CT molecular complexity index is 905. The molecule has 0 aliphatic rings. The number of rotatable bonds is 5. The fourth-order valence-electron chi connectivity index (χ4n) is 2.18. The van der Waals surface area contributed by atoms with E-state index in [0.29, 0.717) is 23.3 Å². The highest BCUT2D eigenvalue weighted by Gasteiger charge is 2.18. The first-order chi connectivity index (χ1) is 10.5. The van der Waals surface area contributed by atoms with Crippen molar-refractivity contribution in [1.82, 2.24) is 14.5 Å². The Morgan fingerprint density at radius 1 is 1.50 bits per heavy atom. The van der Waals surface area contributed by atoms with Gasteiger partial charge in [0.15, 0.2) is 16.9 Å². The lowest BCUT2D eigenvalue weighted by Gasteiger charge is -1.96. The summed E-state index contributed by atoms with van der Waals surface area (Å²) in [6.45, 7) is 0. The number of amides is 1. The number of hydrogen-bond acceptors (Lipinski definition) is 7. The van der Waals surface area contributed by atoms with Gasteiger partial charge in [0.2, 0.25) is 0 Å². The van der Waals surface area contributed by atoms with Crippen molar-refractivity contribution in [3.63, 3.8) is 0 Å². The molecule has 3 aromatic heterocycles. The molecule has 22 heavy (non-hydrogen) atoms. The fourth-order valence-corrected chi connectivity index (χ4v) is 3.99. The first kappa shape index (κ1) is 14.5. The second-order valence-corrected chi connectivity index (χ2v) is 6.51. The van der Waals surface area contributed by atoms with Crippen LogP contribution in [0.25, 0.3) is 10.3 Å². The molecule has 0 atom stereocenters. The van der Waals surface area contributed by atoms with E-state index in [4.69, 9.17) is 11.1 Å². The smallest absolute Gasteiger partial charge is 0.277 e. The highest BCUT2D eigenvalue weighted by Crippen LogP contribution is 2.30. The molecule has 0 aliphatic carbocycles. The zero-order chi connectivity index (χ0) is 15.9. The van der Waals surface area contributed by atoms with Crippen molar-refractivity contribution in [3.05, 3.63) is 32.3 Å². The summed E-state index contributed by atoms with van der Waals surface area (Å²) in [4.78, 5) is 30.8. The molecule has 3 rings (SSSR count). The third-order valence-electron chi connectivity index (χ3n) is 3.20. The molecule has 0 saturated heterocycles. The summed E-state index contributed by atoms with van der Waals surface area (Å²) in [7, 11) is 1.75. The number of carbonyl (C=O) groups excluding carboxylic acids is 2.